The molecule has 0 atom stereocenters. The summed E-state index contributed by atoms with van der Waals surface area (Å²) in [4.78, 5) is 15.8. The molecule has 0 spiro atoms. The minimum absolute atomic E-state index is 0.212. The molecule has 0 fully saturated rings. The van der Waals surface area contributed by atoms with Gasteiger partial charge in [0, 0.05) is 15.6 Å². The Hall–Kier alpha value is -1.59. The topological polar surface area (TPSA) is 70.7 Å². The number of carbonyl (C=O) groups excluding carboxylic acids is 1. The summed E-state index contributed by atoms with van der Waals surface area (Å²) >= 11 is 11.6. The van der Waals surface area contributed by atoms with E-state index in [2.05, 4.69) is 20.5 Å². The van der Waals surface area contributed by atoms with Crippen molar-refractivity contribution < 1.29 is 4.79 Å². The molecule has 5 nitrogen and oxygen atoms in total. The van der Waals surface area contributed by atoms with Crippen molar-refractivity contribution in [1.82, 2.24) is 15.2 Å². The van der Waals surface area contributed by atoms with Crippen LogP contribution < -0.4 is 5.32 Å². The lowest BCUT2D eigenvalue weighted by Crippen LogP contribution is -2.13. The van der Waals surface area contributed by atoms with Gasteiger partial charge in [0.15, 0.2) is 0 Å². The Morgan fingerprint density at radius 3 is 2.47 bits per heavy atom. The number of aromatic nitrogens is 3. The first-order chi connectivity index (χ1) is 8.04. The van der Waals surface area contributed by atoms with Crippen molar-refractivity contribution in [2.24, 2.45) is 0 Å². The second kappa shape index (κ2) is 4.73. The zero-order valence-electron chi connectivity index (χ0n) is 8.79. The number of nitrogens with one attached hydrogen (secondary N) is 2. The molecule has 17 heavy (non-hydrogen) atoms. The number of nitrogens with zero attached hydrogens (tertiary/aromatic N) is 2. The van der Waals surface area contributed by atoms with Gasteiger partial charge in [-0.25, -0.2) is 0 Å². The number of aromatic amines is 1. The summed E-state index contributed by atoms with van der Waals surface area (Å²) in [7, 11) is 0. The highest BCUT2D eigenvalue weighted by molar-refractivity contribution is 6.35. The molecule has 0 saturated heterocycles. The molecule has 2 N–H and O–H groups in total. The van der Waals surface area contributed by atoms with E-state index in [1.807, 2.05) is 0 Å². The highest BCUT2D eigenvalue weighted by Crippen LogP contribution is 2.19. The average molecular weight is 271 g/mol. The zero-order valence-corrected chi connectivity index (χ0v) is 10.3. The van der Waals surface area contributed by atoms with Crippen molar-refractivity contribution in [3.63, 3.8) is 0 Å². The quantitative estimate of drug-likeness (QED) is 0.882. The van der Waals surface area contributed by atoms with Crippen LogP contribution >= 0.6 is 23.2 Å². The molecule has 1 aromatic carbocycles. The van der Waals surface area contributed by atoms with Crippen molar-refractivity contribution in [2.75, 3.05) is 5.32 Å². The molecule has 88 valence electrons. The number of hydrogen-bond acceptors (Lipinski definition) is 3. The van der Waals surface area contributed by atoms with Gasteiger partial charge >= 0.3 is 0 Å². The van der Waals surface area contributed by atoms with E-state index in [-0.39, 0.29) is 11.9 Å². The van der Waals surface area contributed by atoms with E-state index >= 15 is 0 Å². The minimum Gasteiger partial charge on any atom is -0.289 e. The standard InChI is InChI=1S/C10H8Cl2N4O/c1-5-13-10(16-15-5)14-9(17)6-2-7(11)4-8(12)3-6/h2-4H,1H3,(H2,13,14,15,16,17). The number of hydrogen-bond donors (Lipinski definition) is 2. The van der Waals surface area contributed by atoms with E-state index in [4.69, 9.17) is 23.2 Å². The Labute approximate surface area is 107 Å². The minimum atomic E-state index is -0.367. The van der Waals surface area contributed by atoms with Crippen LogP contribution in [0.3, 0.4) is 0 Å². The van der Waals surface area contributed by atoms with Crippen LogP contribution in [0.15, 0.2) is 18.2 Å². The summed E-state index contributed by atoms with van der Waals surface area (Å²) in [6.45, 7) is 1.74. The van der Waals surface area contributed by atoms with Crippen LogP contribution in [0.25, 0.3) is 0 Å². The monoisotopic (exact) mass is 270 g/mol. The van der Waals surface area contributed by atoms with Crippen LogP contribution in [0.4, 0.5) is 5.95 Å². The molecule has 0 radical (unpaired) electrons. The van der Waals surface area contributed by atoms with Gasteiger partial charge in [0.1, 0.15) is 5.82 Å². The molecule has 0 aliphatic rings. The van der Waals surface area contributed by atoms with Crippen LogP contribution in [0.5, 0.6) is 0 Å². The molecule has 0 bridgehead atoms. The van der Waals surface area contributed by atoms with Crippen molar-refractivity contribution in [1.29, 1.82) is 0 Å². The van der Waals surface area contributed by atoms with Gasteiger partial charge in [0.05, 0.1) is 0 Å². The zero-order chi connectivity index (χ0) is 12.4. The number of anilines is 1. The number of benzene rings is 1. The lowest BCUT2D eigenvalue weighted by atomic mass is 10.2. The predicted octanol–water partition coefficient (Wildman–Crippen LogP) is 2.67. The lowest BCUT2D eigenvalue weighted by Gasteiger charge is -2.02. The van der Waals surface area contributed by atoms with E-state index < -0.39 is 0 Å². The maximum Gasteiger partial charge on any atom is 0.258 e. The summed E-state index contributed by atoms with van der Waals surface area (Å²) < 4.78 is 0. The Morgan fingerprint density at radius 1 is 1.29 bits per heavy atom. The molecule has 1 amide bonds. The summed E-state index contributed by atoms with van der Waals surface area (Å²) in [5, 5.41) is 9.73. The summed E-state index contributed by atoms with van der Waals surface area (Å²) in [5.74, 6) is 0.460. The Kier molecular flexibility index (Phi) is 3.31. The lowest BCUT2D eigenvalue weighted by molar-refractivity contribution is 0.102. The molecular formula is C10H8Cl2N4O. The van der Waals surface area contributed by atoms with Crippen LogP contribution in [0.1, 0.15) is 16.2 Å². The molecular weight excluding hydrogens is 263 g/mol. The molecule has 7 heteroatoms. The second-order valence-electron chi connectivity index (χ2n) is 3.36. The van der Waals surface area contributed by atoms with Gasteiger partial charge < -0.3 is 0 Å². The van der Waals surface area contributed by atoms with E-state index in [0.29, 0.717) is 21.4 Å². The SMILES string of the molecule is Cc1nc(NC(=O)c2cc(Cl)cc(Cl)c2)n[nH]1. The van der Waals surface area contributed by atoms with Gasteiger partial charge in [-0.05, 0) is 25.1 Å². The largest absolute Gasteiger partial charge is 0.289 e. The maximum absolute atomic E-state index is 11.8. The third kappa shape index (κ3) is 2.95. The maximum atomic E-state index is 11.8. The fraction of sp³-hybridized carbons (Fsp3) is 0.100. The molecule has 0 aliphatic carbocycles. The van der Waals surface area contributed by atoms with Gasteiger partial charge in [0.2, 0.25) is 5.95 Å². The van der Waals surface area contributed by atoms with Gasteiger partial charge in [0.25, 0.3) is 5.91 Å². The van der Waals surface area contributed by atoms with Gasteiger partial charge in [-0.1, -0.05) is 23.2 Å². The highest BCUT2D eigenvalue weighted by Gasteiger charge is 2.10. The van der Waals surface area contributed by atoms with Gasteiger partial charge in [-0.2, -0.15) is 4.98 Å². The van der Waals surface area contributed by atoms with Crippen molar-refractivity contribution in [3.8, 4) is 0 Å². The first kappa shape index (κ1) is 11.9. The Bertz CT molecular complexity index is 547. The third-order valence-corrected chi connectivity index (χ3v) is 2.38. The fourth-order valence-electron chi connectivity index (χ4n) is 1.26. The smallest absolute Gasteiger partial charge is 0.258 e. The Balaban J connectivity index is 2.19. The summed E-state index contributed by atoms with van der Waals surface area (Å²) in [5.41, 5.74) is 0.352. The fourth-order valence-corrected chi connectivity index (χ4v) is 1.78. The number of carbonyl (C=O) groups is 1. The normalized spacial score (nSPS) is 10.3. The molecule has 0 unspecified atom stereocenters. The number of rotatable bonds is 2. The van der Waals surface area contributed by atoms with Crippen LogP contribution in [-0.4, -0.2) is 21.1 Å². The van der Waals surface area contributed by atoms with Crippen molar-refractivity contribution in [2.45, 2.75) is 6.92 Å². The molecule has 2 rings (SSSR count). The Morgan fingerprint density at radius 2 is 1.94 bits per heavy atom. The van der Waals surface area contributed by atoms with Gasteiger partial charge in [-0.3, -0.25) is 15.2 Å². The first-order valence-corrected chi connectivity index (χ1v) is 5.46. The number of aryl methyl sites for hydroxylation is 1. The van der Waals surface area contributed by atoms with Crippen LogP contribution in [0, 0.1) is 6.92 Å². The van der Waals surface area contributed by atoms with E-state index in [9.17, 15) is 4.79 Å². The predicted molar refractivity (Wildman–Crippen MR) is 65.5 cm³/mol. The molecule has 1 heterocycles. The number of halogens is 2. The van der Waals surface area contributed by atoms with E-state index in [1.54, 1.807) is 13.0 Å². The number of H-pyrrole nitrogens is 1. The summed E-state index contributed by atoms with van der Waals surface area (Å²) in [6, 6.07) is 4.58. The van der Waals surface area contributed by atoms with Crippen LogP contribution in [0.2, 0.25) is 10.0 Å². The third-order valence-electron chi connectivity index (χ3n) is 1.95. The first-order valence-electron chi connectivity index (χ1n) is 4.71. The average Bonchev–Trinajstić information content (AvgIpc) is 2.62. The molecule has 0 aliphatic heterocycles. The summed E-state index contributed by atoms with van der Waals surface area (Å²) in [6.07, 6.45) is 0. The van der Waals surface area contributed by atoms with Gasteiger partial charge in [-0.15, -0.1) is 5.10 Å². The van der Waals surface area contributed by atoms with Crippen molar-refractivity contribution in [3.05, 3.63) is 39.6 Å². The molecule has 2 aromatic rings. The molecule has 1 aromatic heterocycles. The van der Waals surface area contributed by atoms with Crippen molar-refractivity contribution >= 4 is 35.1 Å². The van der Waals surface area contributed by atoms with Crippen LogP contribution in [-0.2, 0) is 0 Å². The number of amides is 1. The second-order valence-corrected chi connectivity index (χ2v) is 4.23. The van der Waals surface area contributed by atoms with E-state index in [1.165, 1.54) is 12.1 Å². The highest BCUT2D eigenvalue weighted by atomic mass is 35.5. The molecule has 0 saturated carbocycles. The van der Waals surface area contributed by atoms with E-state index in [0.717, 1.165) is 0 Å².